The number of aryl methyl sites for hydroxylation is 1. The highest BCUT2D eigenvalue weighted by molar-refractivity contribution is 7.99. The van der Waals surface area contributed by atoms with Gasteiger partial charge in [0.05, 0.1) is 6.42 Å². The molecule has 0 fully saturated rings. The number of hydrogen-bond donors (Lipinski definition) is 1. The summed E-state index contributed by atoms with van der Waals surface area (Å²) in [7, 11) is 0. The zero-order valence-electron chi connectivity index (χ0n) is 20.0. The fraction of sp³-hybridized carbons (Fsp3) is 0.731. The molecular formula is C26H44O2S2. The maximum Gasteiger partial charge on any atom is 0.312 e. The van der Waals surface area contributed by atoms with Crippen LogP contribution in [-0.4, -0.2) is 17.5 Å². The van der Waals surface area contributed by atoms with E-state index in [9.17, 15) is 4.79 Å². The molecule has 0 bridgehead atoms. The Bertz CT molecular complexity index is 620. The number of rotatable bonds is 15. The number of ether oxygens (including phenoxy) is 1. The van der Waals surface area contributed by atoms with Crippen molar-refractivity contribution in [1.29, 1.82) is 0 Å². The smallest absolute Gasteiger partial charge is 0.312 e. The standard InChI is InChI=1S/C26H44O2S2/c1-6-7-8-9-10-11-12-13-14-15-17-30-18-16-25(27)28-23-19-21(2)24(29)20-22(23)26(3,4)5/h19-20,29H,6-18H2,1-5H3. The molecule has 0 saturated carbocycles. The summed E-state index contributed by atoms with van der Waals surface area (Å²) in [4.78, 5) is 13.3. The van der Waals surface area contributed by atoms with Gasteiger partial charge in [-0.15, -0.1) is 12.6 Å². The third-order valence-corrected chi connectivity index (χ3v) is 6.97. The molecule has 1 aromatic carbocycles. The van der Waals surface area contributed by atoms with Gasteiger partial charge in [0.15, 0.2) is 0 Å². The van der Waals surface area contributed by atoms with Crippen molar-refractivity contribution in [3.05, 3.63) is 23.3 Å². The summed E-state index contributed by atoms with van der Waals surface area (Å²) in [5.74, 6) is 2.53. The first-order valence-electron chi connectivity index (χ1n) is 11.9. The molecule has 0 saturated heterocycles. The first kappa shape index (κ1) is 27.4. The van der Waals surface area contributed by atoms with Gasteiger partial charge in [-0.3, -0.25) is 4.79 Å². The molecule has 172 valence electrons. The van der Waals surface area contributed by atoms with Crippen molar-refractivity contribution < 1.29 is 9.53 Å². The van der Waals surface area contributed by atoms with E-state index >= 15 is 0 Å². The third-order valence-electron chi connectivity index (χ3n) is 5.42. The van der Waals surface area contributed by atoms with Gasteiger partial charge in [0, 0.05) is 16.2 Å². The fourth-order valence-electron chi connectivity index (χ4n) is 3.46. The quantitative estimate of drug-likeness (QED) is 0.125. The van der Waals surface area contributed by atoms with Gasteiger partial charge in [0.25, 0.3) is 0 Å². The molecule has 0 heterocycles. The largest absolute Gasteiger partial charge is 0.426 e. The topological polar surface area (TPSA) is 26.3 Å². The van der Waals surface area contributed by atoms with Crippen molar-refractivity contribution in [3.8, 4) is 5.75 Å². The summed E-state index contributed by atoms with van der Waals surface area (Å²) in [6.07, 6.45) is 14.1. The summed E-state index contributed by atoms with van der Waals surface area (Å²) in [5, 5.41) is 0. The minimum Gasteiger partial charge on any atom is -0.426 e. The molecule has 0 aliphatic heterocycles. The highest BCUT2D eigenvalue weighted by atomic mass is 32.2. The van der Waals surface area contributed by atoms with E-state index in [4.69, 9.17) is 4.74 Å². The normalized spacial score (nSPS) is 11.7. The summed E-state index contributed by atoms with van der Waals surface area (Å²) in [6, 6.07) is 3.97. The van der Waals surface area contributed by atoms with Crippen molar-refractivity contribution >= 4 is 30.4 Å². The molecule has 0 aromatic heterocycles. The van der Waals surface area contributed by atoms with Gasteiger partial charge in [-0.05, 0) is 42.2 Å². The van der Waals surface area contributed by atoms with E-state index in [0.29, 0.717) is 12.2 Å². The lowest BCUT2D eigenvalue weighted by Crippen LogP contribution is -2.17. The highest BCUT2D eigenvalue weighted by Gasteiger charge is 2.21. The maximum absolute atomic E-state index is 12.3. The van der Waals surface area contributed by atoms with E-state index in [0.717, 1.165) is 27.5 Å². The lowest BCUT2D eigenvalue weighted by molar-refractivity contribution is -0.133. The van der Waals surface area contributed by atoms with Crippen molar-refractivity contribution in [1.82, 2.24) is 0 Å². The summed E-state index contributed by atoms with van der Waals surface area (Å²) in [6.45, 7) is 10.7. The Labute approximate surface area is 195 Å². The molecule has 0 aliphatic rings. The molecule has 1 aromatic rings. The molecule has 0 amide bonds. The minimum absolute atomic E-state index is 0.0922. The summed E-state index contributed by atoms with van der Waals surface area (Å²) >= 11 is 6.40. The Hall–Kier alpha value is -0.610. The number of esters is 1. The molecular weight excluding hydrogens is 408 g/mol. The van der Waals surface area contributed by atoms with Crippen molar-refractivity contribution in [3.63, 3.8) is 0 Å². The maximum atomic E-state index is 12.3. The second-order valence-electron chi connectivity index (χ2n) is 9.40. The zero-order chi connectivity index (χ0) is 22.4. The van der Waals surface area contributed by atoms with Gasteiger partial charge < -0.3 is 4.74 Å². The number of hydrogen-bond acceptors (Lipinski definition) is 4. The molecule has 0 unspecified atom stereocenters. The fourth-order valence-corrected chi connectivity index (χ4v) is 4.58. The molecule has 1 rings (SSSR count). The Morgan fingerprint density at radius 3 is 2.07 bits per heavy atom. The Balaban J connectivity index is 2.17. The first-order chi connectivity index (χ1) is 14.3. The summed E-state index contributed by atoms with van der Waals surface area (Å²) in [5.41, 5.74) is 1.97. The highest BCUT2D eigenvalue weighted by Crippen LogP contribution is 2.35. The predicted molar refractivity (Wildman–Crippen MR) is 137 cm³/mol. The lowest BCUT2D eigenvalue weighted by atomic mass is 9.86. The Kier molecular flexibility index (Phi) is 13.9. The van der Waals surface area contributed by atoms with E-state index in [-0.39, 0.29) is 11.4 Å². The third kappa shape index (κ3) is 11.7. The average Bonchev–Trinajstić information content (AvgIpc) is 2.67. The molecule has 0 aliphatic carbocycles. The van der Waals surface area contributed by atoms with Crippen molar-refractivity contribution in [2.45, 2.75) is 116 Å². The van der Waals surface area contributed by atoms with E-state index in [1.54, 1.807) is 0 Å². The van der Waals surface area contributed by atoms with E-state index in [1.807, 2.05) is 30.8 Å². The molecule has 0 N–H and O–H groups in total. The van der Waals surface area contributed by atoms with Crippen LogP contribution in [0.5, 0.6) is 5.75 Å². The summed E-state index contributed by atoms with van der Waals surface area (Å²) < 4.78 is 5.73. The lowest BCUT2D eigenvalue weighted by Gasteiger charge is -2.23. The SMILES string of the molecule is CCCCCCCCCCCCSCCC(=O)Oc1cc(C)c(S)cc1C(C)(C)C. The monoisotopic (exact) mass is 452 g/mol. The average molecular weight is 453 g/mol. The molecule has 2 nitrogen and oxygen atoms in total. The number of carbonyl (C=O) groups is 1. The zero-order valence-corrected chi connectivity index (χ0v) is 21.7. The second kappa shape index (κ2) is 15.2. The molecule has 0 atom stereocenters. The van der Waals surface area contributed by atoms with Crippen LogP contribution in [0.4, 0.5) is 0 Å². The van der Waals surface area contributed by atoms with Crippen LogP contribution in [0.3, 0.4) is 0 Å². The molecule has 0 spiro atoms. The van der Waals surface area contributed by atoms with Crippen LogP contribution < -0.4 is 4.74 Å². The van der Waals surface area contributed by atoms with Crippen LogP contribution in [0.25, 0.3) is 0 Å². The Morgan fingerprint density at radius 1 is 0.933 bits per heavy atom. The first-order valence-corrected chi connectivity index (χ1v) is 13.5. The number of thiol groups is 1. The molecule has 0 radical (unpaired) electrons. The van der Waals surface area contributed by atoms with Crippen LogP contribution in [0, 0.1) is 6.92 Å². The van der Waals surface area contributed by atoms with Crippen LogP contribution in [0.1, 0.15) is 109 Å². The van der Waals surface area contributed by atoms with Crippen LogP contribution >= 0.6 is 24.4 Å². The number of thioether (sulfide) groups is 1. The van der Waals surface area contributed by atoms with Gasteiger partial charge in [-0.2, -0.15) is 11.8 Å². The van der Waals surface area contributed by atoms with Crippen LogP contribution in [0.2, 0.25) is 0 Å². The van der Waals surface area contributed by atoms with Crippen LogP contribution in [0.15, 0.2) is 17.0 Å². The number of benzene rings is 1. The van der Waals surface area contributed by atoms with Crippen LogP contribution in [-0.2, 0) is 10.2 Å². The van der Waals surface area contributed by atoms with Gasteiger partial charge in [-0.1, -0.05) is 85.5 Å². The van der Waals surface area contributed by atoms with Crippen molar-refractivity contribution in [2.75, 3.05) is 11.5 Å². The Morgan fingerprint density at radius 2 is 1.50 bits per heavy atom. The molecule has 30 heavy (non-hydrogen) atoms. The number of unbranched alkanes of at least 4 members (excludes halogenated alkanes) is 9. The van der Waals surface area contributed by atoms with Crippen molar-refractivity contribution in [2.24, 2.45) is 0 Å². The van der Waals surface area contributed by atoms with Gasteiger partial charge in [0.2, 0.25) is 0 Å². The second-order valence-corrected chi connectivity index (χ2v) is 11.1. The van der Waals surface area contributed by atoms with E-state index in [1.165, 1.54) is 64.2 Å². The number of carbonyl (C=O) groups excluding carboxylic acids is 1. The predicted octanol–water partition coefficient (Wildman–Crippen LogP) is 8.53. The van der Waals surface area contributed by atoms with E-state index in [2.05, 4.69) is 40.3 Å². The minimum atomic E-state index is -0.137. The van der Waals surface area contributed by atoms with Gasteiger partial charge in [-0.25, -0.2) is 0 Å². The van der Waals surface area contributed by atoms with E-state index < -0.39 is 0 Å². The molecule has 4 heteroatoms. The van der Waals surface area contributed by atoms with Gasteiger partial charge >= 0.3 is 5.97 Å². The van der Waals surface area contributed by atoms with Gasteiger partial charge in [0.1, 0.15) is 5.75 Å².